The van der Waals surface area contributed by atoms with Gasteiger partial charge in [0.1, 0.15) is 17.9 Å². The number of amides is 1. The molecule has 9 heteroatoms. The van der Waals surface area contributed by atoms with Crippen LogP contribution in [0.1, 0.15) is 41.0 Å². The largest absolute Gasteiger partial charge is 0.464 e. The molecule has 0 bridgehead atoms. The summed E-state index contributed by atoms with van der Waals surface area (Å²) in [6.07, 6.45) is 0.361. The second kappa shape index (κ2) is 10.5. The van der Waals surface area contributed by atoms with E-state index in [0.29, 0.717) is 6.42 Å². The highest BCUT2D eigenvalue weighted by Gasteiger charge is 2.32. The van der Waals surface area contributed by atoms with Gasteiger partial charge in [-0.15, -0.1) is 0 Å². The molecule has 28 heavy (non-hydrogen) atoms. The molecule has 0 aliphatic heterocycles. The summed E-state index contributed by atoms with van der Waals surface area (Å²) in [5.41, 5.74) is 0. The third-order valence-corrected chi connectivity index (χ3v) is 5.41. The van der Waals surface area contributed by atoms with E-state index in [1.54, 1.807) is 20.8 Å². The normalized spacial score (nSPS) is 14.0. The number of rotatable bonds is 10. The van der Waals surface area contributed by atoms with Crippen LogP contribution in [0.2, 0.25) is 0 Å². The smallest absolute Gasteiger partial charge is 0.328 e. The summed E-state index contributed by atoms with van der Waals surface area (Å²) >= 11 is 0. The maximum Gasteiger partial charge on any atom is 0.328 e. The molecule has 0 radical (unpaired) electrons. The maximum atomic E-state index is 13.1. The van der Waals surface area contributed by atoms with Crippen LogP contribution in [0, 0.1) is 17.7 Å². The fourth-order valence-electron chi connectivity index (χ4n) is 2.53. The molecular formula is C19H29FN2O5S. The summed E-state index contributed by atoms with van der Waals surface area (Å²) in [6, 6.07) is 2.31. The zero-order valence-corrected chi connectivity index (χ0v) is 17.7. The lowest BCUT2D eigenvalue weighted by atomic mass is 10.0. The Morgan fingerprint density at radius 3 is 2.14 bits per heavy atom. The molecule has 0 aliphatic carbocycles. The lowest BCUT2D eigenvalue weighted by Gasteiger charge is -2.25. The summed E-state index contributed by atoms with van der Waals surface area (Å²) in [4.78, 5) is 24.7. The van der Waals surface area contributed by atoms with Crippen molar-refractivity contribution in [3.63, 3.8) is 0 Å². The zero-order valence-electron chi connectivity index (χ0n) is 16.9. The number of nitrogens with one attached hydrogen (secondary N) is 2. The Morgan fingerprint density at radius 1 is 1.11 bits per heavy atom. The number of halogens is 1. The van der Waals surface area contributed by atoms with Crippen molar-refractivity contribution >= 4 is 21.9 Å². The minimum atomic E-state index is -4.05. The summed E-state index contributed by atoms with van der Waals surface area (Å²) in [6.45, 7) is 9.00. The van der Waals surface area contributed by atoms with E-state index < -0.39 is 45.7 Å². The fourth-order valence-corrected chi connectivity index (χ4v) is 3.88. The molecule has 1 amide bonds. The molecule has 0 saturated carbocycles. The van der Waals surface area contributed by atoms with Crippen molar-refractivity contribution in [1.82, 2.24) is 10.0 Å². The van der Waals surface area contributed by atoms with Gasteiger partial charge in [-0.3, -0.25) is 4.79 Å². The standard InChI is InChI=1S/C19H29FN2O5S/c1-6-27-19(24)16(11-12(2)3)21-18(23)17(13(4)5)22-28(25,26)15-9-7-14(20)8-10-15/h7-10,12-13,16-17,22H,6,11H2,1-5H3,(H,21,23)/t16-,17-/m0/s1. The first kappa shape index (κ1) is 24.0. The quantitative estimate of drug-likeness (QED) is 0.570. The molecule has 1 aromatic carbocycles. The van der Waals surface area contributed by atoms with Crippen molar-refractivity contribution in [3.8, 4) is 0 Å². The lowest BCUT2D eigenvalue weighted by molar-refractivity contribution is -0.148. The van der Waals surface area contributed by atoms with Crippen LogP contribution in [0.25, 0.3) is 0 Å². The first-order valence-electron chi connectivity index (χ1n) is 9.22. The highest BCUT2D eigenvalue weighted by atomic mass is 32.2. The van der Waals surface area contributed by atoms with E-state index in [2.05, 4.69) is 10.0 Å². The number of esters is 1. The molecule has 0 saturated heterocycles. The average Bonchev–Trinajstić information content (AvgIpc) is 2.59. The van der Waals surface area contributed by atoms with Gasteiger partial charge in [0, 0.05) is 0 Å². The number of carbonyl (C=O) groups is 2. The van der Waals surface area contributed by atoms with Gasteiger partial charge < -0.3 is 10.1 Å². The second-order valence-electron chi connectivity index (χ2n) is 7.24. The van der Waals surface area contributed by atoms with Crippen LogP contribution in [0.15, 0.2) is 29.2 Å². The average molecular weight is 417 g/mol. The minimum Gasteiger partial charge on any atom is -0.464 e. The van der Waals surface area contributed by atoms with Crippen LogP contribution < -0.4 is 10.0 Å². The Balaban J connectivity index is 3.01. The monoisotopic (exact) mass is 416 g/mol. The summed E-state index contributed by atoms with van der Waals surface area (Å²) in [5, 5.41) is 2.60. The lowest BCUT2D eigenvalue weighted by Crippen LogP contribution is -2.54. The highest BCUT2D eigenvalue weighted by Crippen LogP contribution is 2.14. The highest BCUT2D eigenvalue weighted by molar-refractivity contribution is 7.89. The van der Waals surface area contributed by atoms with Crippen molar-refractivity contribution in [3.05, 3.63) is 30.1 Å². The van der Waals surface area contributed by atoms with Crippen LogP contribution >= 0.6 is 0 Å². The molecular weight excluding hydrogens is 387 g/mol. The molecule has 1 rings (SSSR count). The van der Waals surface area contributed by atoms with E-state index >= 15 is 0 Å². The van der Waals surface area contributed by atoms with Crippen LogP contribution in [0.3, 0.4) is 0 Å². The van der Waals surface area contributed by atoms with Gasteiger partial charge in [-0.2, -0.15) is 4.72 Å². The predicted molar refractivity (Wildman–Crippen MR) is 103 cm³/mol. The molecule has 1 aromatic rings. The van der Waals surface area contributed by atoms with E-state index in [4.69, 9.17) is 4.74 Å². The molecule has 0 aromatic heterocycles. The predicted octanol–water partition coefficient (Wildman–Crippen LogP) is 2.22. The number of carbonyl (C=O) groups excluding carboxylic acids is 2. The molecule has 2 N–H and O–H groups in total. The third kappa shape index (κ3) is 7.20. The summed E-state index contributed by atoms with van der Waals surface area (Å²) in [5.74, 6) is -2.03. The van der Waals surface area contributed by atoms with Gasteiger partial charge in [-0.1, -0.05) is 27.7 Å². The van der Waals surface area contributed by atoms with Gasteiger partial charge in [-0.25, -0.2) is 17.6 Å². The Kier molecular flexibility index (Phi) is 9.03. The van der Waals surface area contributed by atoms with Crippen LogP contribution in [0.5, 0.6) is 0 Å². The van der Waals surface area contributed by atoms with E-state index in [-0.39, 0.29) is 17.4 Å². The van der Waals surface area contributed by atoms with Gasteiger partial charge in [-0.05, 0) is 49.4 Å². The second-order valence-corrected chi connectivity index (χ2v) is 8.95. The Morgan fingerprint density at radius 2 is 1.68 bits per heavy atom. The van der Waals surface area contributed by atoms with Gasteiger partial charge in [0.15, 0.2) is 0 Å². The van der Waals surface area contributed by atoms with Crippen molar-refractivity contribution in [1.29, 1.82) is 0 Å². The molecule has 0 spiro atoms. The number of hydrogen-bond donors (Lipinski definition) is 2. The van der Waals surface area contributed by atoms with E-state index in [1.165, 1.54) is 0 Å². The first-order valence-corrected chi connectivity index (χ1v) is 10.7. The molecule has 0 heterocycles. The molecule has 0 fully saturated rings. The topological polar surface area (TPSA) is 102 Å². The fraction of sp³-hybridized carbons (Fsp3) is 0.579. The molecule has 0 unspecified atom stereocenters. The van der Waals surface area contributed by atoms with Crippen molar-refractivity contribution in [2.45, 2.75) is 58.0 Å². The van der Waals surface area contributed by atoms with E-state index in [9.17, 15) is 22.4 Å². The Labute approximate surface area is 166 Å². The van der Waals surface area contributed by atoms with Crippen molar-refractivity contribution < 1.29 is 27.1 Å². The number of hydrogen-bond acceptors (Lipinski definition) is 5. The molecule has 158 valence electrons. The van der Waals surface area contributed by atoms with Gasteiger partial charge in [0.2, 0.25) is 15.9 Å². The Bertz CT molecular complexity index is 763. The van der Waals surface area contributed by atoms with Gasteiger partial charge >= 0.3 is 5.97 Å². The number of sulfonamides is 1. The molecule has 2 atom stereocenters. The molecule has 7 nitrogen and oxygen atoms in total. The zero-order chi connectivity index (χ0) is 21.5. The van der Waals surface area contributed by atoms with E-state index in [0.717, 1.165) is 24.3 Å². The first-order chi connectivity index (χ1) is 13.0. The van der Waals surface area contributed by atoms with Gasteiger partial charge in [0.05, 0.1) is 11.5 Å². The maximum absolute atomic E-state index is 13.1. The minimum absolute atomic E-state index is 0.114. The third-order valence-electron chi connectivity index (χ3n) is 3.95. The number of benzene rings is 1. The van der Waals surface area contributed by atoms with Crippen LogP contribution in [0.4, 0.5) is 4.39 Å². The molecule has 0 aliphatic rings. The van der Waals surface area contributed by atoms with Crippen molar-refractivity contribution in [2.75, 3.05) is 6.61 Å². The van der Waals surface area contributed by atoms with Crippen LogP contribution in [-0.2, 0) is 24.3 Å². The summed E-state index contributed by atoms with van der Waals surface area (Å²) < 4.78 is 45.5. The van der Waals surface area contributed by atoms with Crippen molar-refractivity contribution in [2.24, 2.45) is 11.8 Å². The van der Waals surface area contributed by atoms with Gasteiger partial charge in [0.25, 0.3) is 0 Å². The van der Waals surface area contributed by atoms with Crippen LogP contribution in [-0.4, -0.2) is 39.0 Å². The number of ether oxygens (including phenoxy) is 1. The summed E-state index contributed by atoms with van der Waals surface area (Å²) in [7, 11) is -4.05. The van der Waals surface area contributed by atoms with E-state index in [1.807, 2.05) is 13.8 Å². The SMILES string of the molecule is CCOC(=O)[C@H](CC(C)C)NC(=O)[C@@H](NS(=O)(=O)c1ccc(F)cc1)C(C)C. The Hall–Kier alpha value is -2.00.